The maximum absolute atomic E-state index is 12.6. The van der Waals surface area contributed by atoms with E-state index < -0.39 is 32.5 Å². The smallest absolute Gasteiger partial charge is 0.306 e. The summed E-state index contributed by atoms with van der Waals surface area (Å²) in [6, 6.07) is 0. The topological polar surface area (TPSA) is 111 Å². The van der Waals surface area contributed by atoms with E-state index in [-0.39, 0.29) is 26.1 Å². The van der Waals surface area contributed by atoms with E-state index in [4.69, 9.17) is 18.5 Å². The van der Waals surface area contributed by atoms with Crippen molar-refractivity contribution in [3.63, 3.8) is 0 Å². The summed E-state index contributed by atoms with van der Waals surface area (Å²) in [7, 11) is 1.15. The number of hydrogen-bond acceptors (Lipinski definition) is 8. The van der Waals surface area contributed by atoms with Crippen molar-refractivity contribution < 1.29 is 42.1 Å². The molecule has 0 fully saturated rings. The van der Waals surface area contributed by atoms with E-state index in [2.05, 4.69) is 50.3 Å². The number of rotatable bonds is 38. The molecule has 0 aromatic heterocycles. The fraction of sp³-hybridized carbons (Fsp3) is 0.814. The fourth-order valence-corrected chi connectivity index (χ4v) is 6.24. The fourth-order valence-electron chi connectivity index (χ4n) is 5.51. The summed E-state index contributed by atoms with van der Waals surface area (Å²) in [6.07, 6.45) is 38.9. The minimum Gasteiger partial charge on any atom is -0.756 e. The molecular weight excluding hydrogens is 689 g/mol. The van der Waals surface area contributed by atoms with Crippen LogP contribution in [-0.4, -0.2) is 70.0 Å². The Hall–Kier alpha value is -1.77. The highest BCUT2D eigenvalue weighted by Gasteiger charge is 2.21. The van der Waals surface area contributed by atoms with Crippen LogP contribution in [0, 0.1) is 0 Å². The predicted octanol–water partition coefficient (Wildman–Crippen LogP) is 11.1. The van der Waals surface area contributed by atoms with E-state index in [1.54, 1.807) is 0 Å². The minimum atomic E-state index is -4.62. The van der Waals surface area contributed by atoms with Crippen LogP contribution < -0.4 is 4.89 Å². The summed E-state index contributed by atoms with van der Waals surface area (Å²) in [4.78, 5) is 37.4. The van der Waals surface area contributed by atoms with Crippen LogP contribution in [0.25, 0.3) is 0 Å². The van der Waals surface area contributed by atoms with Crippen molar-refractivity contribution in [2.45, 2.75) is 180 Å². The Kier molecular flexibility index (Phi) is 34.7. The van der Waals surface area contributed by atoms with Crippen molar-refractivity contribution in [2.75, 3.05) is 47.5 Å². The summed E-state index contributed by atoms with van der Waals surface area (Å²) >= 11 is 0. The molecule has 310 valence electrons. The number of allylic oxidation sites excluding steroid dienone is 6. The Bertz CT molecular complexity index is 1010. The molecule has 0 rings (SSSR count). The van der Waals surface area contributed by atoms with Crippen molar-refractivity contribution in [3.8, 4) is 0 Å². The lowest BCUT2D eigenvalue weighted by molar-refractivity contribution is -0.870. The van der Waals surface area contributed by atoms with Gasteiger partial charge in [-0.05, 0) is 64.2 Å². The zero-order valence-corrected chi connectivity index (χ0v) is 35.6. The Morgan fingerprint density at radius 3 is 1.58 bits per heavy atom. The summed E-state index contributed by atoms with van der Waals surface area (Å²) in [6.45, 7) is 4.12. The SMILES string of the molecule is CCC/C=C\CCCCCCCC(=O)OCC(COP(=O)([O-])OCC[N+](C)(C)C)OC(=O)CCCCCCCCCCC/C=C\C/C=C\CCCCC. The quantitative estimate of drug-likeness (QED) is 0.0201. The second-order valence-electron chi connectivity index (χ2n) is 15.3. The molecule has 0 bridgehead atoms. The van der Waals surface area contributed by atoms with E-state index >= 15 is 0 Å². The molecule has 0 aliphatic heterocycles. The molecule has 0 heterocycles. The summed E-state index contributed by atoms with van der Waals surface area (Å²) in [5.74, 6) is -0.853. The molecule has 0 saturated carbocycles. The molecule has 0 radical (unpaired) electrons. The lowest BCUT2D eigenvalue weighted by Gasteiger charge is -2.28. The summed E-state index contributed by atoms with van der Waals surface area (Å²) in [5.41, 5.74) is 0. The average molecular weight is 770 g/mol. The summed E-state index contributed by atoms with van der Waals surface area (Å²) < 4.78 is 33.8. The summed E-state index contributed by atoms with van der Waals surface area (Å²) in [5, 5.41) is 0. The zero-order chi connectivity index (χ0) is 39.3. The van der Waals surface area contributed by atoms with Gasteiger partial charge in [0.25, 0.3) is 7.82 Å². The number of unbranched alkanes of at least 4 members (excludes halogenated alkanes) is 18. The number of carbonyl (C=O) groups excluding carboxylic acids is 2. The van der Waals surface area contributed by atoms with Crippen molar-refractivity contribution in [3.05, 3.63) is 36.5 Å². The Labute approximate surface area is 325 Å². The lowest BCUT2D eigenvalue weighted by Crippen LogP contribution is -2.37. The van der Waals surface area contributed by atoms with Gasteiger partial charge in [-0.2, -0.15) is 0 Å². The molecule has 0 N–H and O–H groups in total. The van der Waals surface area contributed by atoms with Crippen LogP contribution in [-0.2, 0) is 32.7 Å². The highest BCUT2D eigenvalue weighted by molar-refractivity contribution is 7.45. The largest absolute Gasteiger partial charge is 0.756 e. The van der Waals surface area contributed by atoms with Gasteiger partial charge in [0.15, 0.2) is 6.10 Å². The number of carbonyl (C=O) groups is 2. The van der Waals surface area contributed by atoms with Gasteiger partial charge >= 0.3 is 11.9 Å². The number of phosphoric acid groups is 1. The van der Waals surface area contributed by atoms with Gasteiger partial charge in [0.05, 0.1) is 27.7 Å². The first-order valence-corrected chi connectivity index (χ1v) is 22.7. The third-order valence-electron chi connectivity index (χ3n) is 8.86. The molecule has 0 aliphatic rings. The number of hydrogen-bond donors (Lipinski definition) is 0. The van der Waals surface area contributed by atoms with Crippen LogP contribution >= 0.6 is 7.82 Å². The predicted molar refractivity (Wildman–Crippen MR) is 217 cm³/mol. The molecule has 2 unspecified atom stereocenters. The Morgan fingerprint density at radius 2 is 1.06 bits per heavy atom. The van der Waals surface area contributed by atoms with Gasteiger partial charge in [0.2, 0.25) is 0 Å². The molecule has 2 atom stereocenters. The van der Waals surface area contributed by atoms with E-state index in [9.17, 15) is 19.0 Å². The number of ether oxygens (including phenoxy) is 2. The van der Waals surface area contributed by atoms with Crippen LogP contribution in [0.5, 0.6) is 0 Å². The first kappa shape index (κ1) is 51.2. The molecular formula is C43H80NO8P. The van der Waals surface area contributed by atoms with Gasteiger partial charge in [0.1, 0.15) is 19.8 Å². The van der Waals surface area contributed by atoms with Gasteiger partial charge in [-0.3, -0.25) is 14.2 Å². The minimum absolute atomic E-state index is 0.0333. The van der Waals surface area contributed by atoms with Gasteiger partial charge in [-0.1, -0.05) is 134 Å². The molecule has 0 aromatic rings. The van der Waals surface area contributed by atoms with Crippen molar-refractivity contribution in [1.29, 1.82) is 0 Å². The van der Waals surface area contributed by atoms with Crippen molar-refractivity contribution >= 4 is 19.8 Å². The van der Waals surface area contributed by atoms with Gasteiger partial charge in [-0.25, -0.2) is 0 Å². The third kappa shape index (κ3) is 39.7. The lowest BCUT2D eigenvalue weighted by atomic mass is 10.1. The molecule has 0 aliphatic carbocycles. The second-order valence-corrected chi connectivity index (χ2v) is 16.8. The Balaban J connectivity index is 4.33. The number of nitrogens with zero attached hydrogens (tertiary/aromatic N) is 1. The van der Waals surface area contributed by atoms with E-state index in [0.717, 1.165) is 77.0 Å². The number of phosphoric ester groups is 1. The molecule has 10 heteroatoms. The van der Waals surface area contributed by atoms with Crippen LogP contribution in [0.15, 0.2) is 36.5 Å². The normalized spacial score (nSPS) is 14.0. The van der Waals surface area contributed by atoms with Crippen molar-refractivity contribution in [2.24, 2.45) is 0 Å². The molecule has 53 heavy (non-hydrogen) atoms. The van der Waals surface area contributed by atoms with E-state index in [0.29, 0.717) is 17.4 Å². The molecule has 0 aromatic carbocycles. The van der Waals surface area contributed by atoms with Crippen LogP contribution in [0.4, 0.5) is 0 Å². The highest BCUT2D eigenvalue weighted by Crippen LogP contribution is 2.38. The Morgan fingerprint density at radius 1 is 0.585 bits per heavy atom. The first-order chi connectivity index (χ1) is 25.5. The third-order valence-corrected chi connectivity index (χ3v) is 9.83. The van der Waals surface area contributed by atoms with Crippen molar-refractivity contribution in [1.82, 2.24) is 0 Å². The standard InChI is InChI=1S/C43H80NO8P/c1-6-8-10-12-14-16-18-19-20-21-22-23-24-25-26-28-30-32-34-36-43(46)52-41(40-51-53(47,48)50-38-37-44(3,4)5)39-49-42(45)35-33-31-29-27-17-15-13-11-9-7-2/h11,13-14,16,19-20,41H,6-10,12,15,17-18,21-40H2,1-5H3/b13-11-,16-14-,20-19-. The molecule has 9 nitrogen and oxygen atoms in total. The number of quaternary nitrogens is 1. The second kappa shape index (κ2) is 35.9. The van der Waals surface area contributed by atoms with E-state index in [1.165, 1.54) is 64.2 Å². The maximum atomic E-state index is 12.6. The van der Waals surface area contributed by atoms with E-state index in [1.807, 2.05) is 21.1 Å². The van der Waals surface area contributed by atoms with Gasteiger partial charge < -0.3 is 27.9 Å². The molecule has 0 amide bonds. The molecule has 0 spiro atoms. The van der Waals surface area contributed by atoms with Crippen LogP contribution in [0.1, 0.15) is 174 Å². The monoisotopic (exact) mass is 770 g/mol. The highest BCUT2D eigenvalue weighted by atomic mass is 31.2. The zero-order valence-electron chi connectivity index (χ0n) is 34.7. The van der Waals surface area contributed by atoms with Crippen LogP contribution in [0.2, 0.25) is 0 Å². The van der Waals surface area contributed by atoms with Gasteiger partial charge in [-0.15, -0.1) is 0 Å². The van der Waals surface area contributed by atoms with Crippen LogP contribution in [0.3, 0.4) is 0 Å². The average Bonchev–Trinajstić information content (AvgIpc) is 3.10. The first-order valence-electron chi connectivity index (χ1n) is 21.2. The molecule has 0 saturated heterocycles. The number of esters is 2. The van der Waals surface area contributed by atoms with Gasteiger partial charge in [0, 0.05) is 12.8 Å². The number of likely N-dealkylation sites (N-methyl/N-ethyl adjacent to an activating group) is 1. The maximum Gasteiger partial charge on any atom is 0.306 e.